The van der Waals surface area contributed by atoms with E-state index in [1.807, 2.05) is 56.0 Å². The zero-order valence-corrected chi connectivity index (χ0v) is 17.1. The molecule has 3 rings (SSSR count). The van der Waals surface area contributed by atoms with Crippen molar-refractivity contribution in [3.05, 3.63) is 30.3 Å². The minimum Gasteiger partial charge on any atom is -0.372 e. The summed E-state index contributed by atoms with van der Waals surface area (Å²) in [5, 5.41) is 5.90. The average Bonchev–Trinajstić information content (AvgIpc) is 2.67. The molecule has 3 unspecified atom stereocenters. The van der Waals surface area contributed by atoms with Crippen molar-refractivity contribution in [3.63, 3.8) is 0 Å². The molecule has 28 heavy (non-hydrogen) atoms. The Hall–Kier alpha value is -2.12. The van der Waals surface area contributed by atoms with Crippen molar-refractivity contribution >= 4 is 17.6 Å². The molecule has 2 heterocycles. The second-order valence-electron chi connectivity index (χ2n) is 7.95. The van der Waals surface area contributed by atoms with Gasteiger partial charge in [-0.15, -0.1) is 0 Å². The number of para-hydroxylation sites is 1. The highest BCUT2D eigenvalue weighted by Gasteiger charge is 2.33. The summed E-state index contributed by atoms with van der Waals surface area (Å²) in [5.41, 5.74) is 0.783. The molecule has 0 bridgehead atoms. The summed E-state index contributed by atoms with van der Waals surface area (Å²) in [5.74, 6) is 0.176. The van der Waals surface area contributed by atoms with E-state index >= 15 is 0 Å². The average molecular weight is 389 g/mol. The predicted molar refractivity (Wildman–Crippen MR) is 109 cm³/mol. The lowest BCUT2D eigenvalue weighted by atomic mass is 10.0. The van der Waals surface area contributed by atoms with E-state index in [1.165, 1.54) is 0 Å². The van der Waals surface area contributed by atoms with Gasteiger partial charge in [-0.3, -0.25) is 9.69 Å². The molecule has 2 N–H and O–H groups in total. The van der Waals surface area contributed by atoms with Gasteiger partial charge in [-0.05, 0) is 45.7 Å². The van der Waals surface area contributed by atoms with Gasteiger partial charge in [-0.1, -0.05) is 18.2 Å². The molecule has 0 aliphatic carbocycles. The summed E-state index contributed by atoms with van der Waals surface area (Å²) in [6.45, 7) is 8.94. The number of hydrogen-bond acceptors (Lipinski definition) is 4. The van der Waals surface area contributed by atoms with Gasteiger partial charge in [0.25, 0.3) is 0 Å². The standard InChI is InChI=1S/C21H32N4O3/c1-15-13-25(14-16(2)28-15)20(26)17(3)24-11-9-19(10-12-24)23-21(27)22-18-7-5-4-6-8-18/h4-8,15-17,19H,9-14H2,1-3H3,(H2,22,23,27). The molecule has 2 fully saturated rings. The molecule has 0 aromatic heterocycles. The van der Waals surface area contributed by atoms with E-state index in [-0.39, 0.29) is 36.2 Å². The maximum absolute atomic E-state index is 12.9. The van der Waals surface area contributed by atoms with E-state index in [0.29, 0.717) is 13.1 Å². The molecule has 2 saturated heterocycles. The van der Waals surface area contributed by atoms with E-state index in [2.05, 4.69) is 15.5 Å². The third kappa shape index (κ3) is 5.45. The van der Waals surface area contributed by atoms with Crippen molar-refractivity contribution in [1.82, 2.24) is 15.1 Å². The highest BCUT2D eigenvalue weighted by molar-refractivity contribution is 5.89. The highest BCUT2D eigenvalue weighted by Crippen LogP contribution is 2.18. The molecule has 0 spiro atoms. The number of hydrogen-bond donors (Lipinski definition) is 2. The largest absolute Gasteiger partial charge is 0.372 e. The van der Waals surface area contributed by atoms with E-state index in [1.54, 1.807) is 0 Å². The lowest BCUT2D eigenvalue weighted by Gasteiger charge is -2.40. The minimum atomic E-state index is -0.176. The summed E-state index contributed by atoms with van der Waals surface area (Å²) in [7, 11) is 0. The number of benzene rings is 1. The van der Waals surface area contributed by atoms with Gasteiger partial charge in [0.2, 0.25) is 5.91 Å². The van der Waals surface area contributed by atoms with Gasteiger partial charge in [-0.2, -0.15) is 0 Å². The normalized spacial score (nSPS) is 25.2. The van der Waals surface area contributed by atoms with Crippen LogP contribution >= 0.6 is 0 Å². The molecule has 3 atom stereocenters. The first-order valence-electron chi connectivity index (χ1n) is 10.2. The number of rotatable bonds is 4. The van der Waals surface area contributed by atoms with E-state index < -0.39 is 0 Å². The van der Waals surface area contributed by atoms with Crippen LogP contribution in [0.15, 0.2) is 30.3 Å². The topological polar surface area (TPSA) is 73.9 Å². The SMILES string of the molecule is CC1CN(C(=O)C(C)N2CCC(NC(=O)Nc3ccccc3)CC2)CC(C)O1. The first kappa shape index (κ1) is 20.6. The second kappa shape index (κ2) is 9.39. The summed E-state index contributed by atoms with van der Waals surface area (Å²) in [6, 6.07) is 9.24. The van der Waals surface area contributed by atoms with Gasteiger partial charge >= 0.3 is 6.03 Å². The highest BCUT2D eigenvalue weighted by atomic mass is 16.5. The fraction of sp³-hybridized carbons (Fsp3) is 0.619. The van der Waals surface area contributed by atoms with Crippen LogP contribution in [-0.2, 0) is 9.53 Å². The maximum atomic E-state index is 12.9. The Balaban J connectivity index is 1.44. The van der Waals surface area contributed by atoms with Gasteiger partial charge in [0, 0.05) is 37.9 Å². The number of carbonyl (C=O) groups is 2. The molecule has 1 aromatic carbocycles. The van der Waals surface area contributed by atoms with Crippen LogP contribution in [0.1, 0.15) is 33.6 Å². The van der Waals surface area contributed by atoms with Crippen LogP contribution in [0, 0.1) is 0 Å². The number of ether oxygens (including phenoxy) is 1. The summed E-state index contributed by atoms with van der Waals surface area (Å²) in [6.07, 6.45) is 1.85. The molecule has 2 aliphatic rings. The summed E-state index contributed by atoms with van der Waals surface area (Å²) < 4.78 is 5.73. The molecule has 1 aromatic rings. The van der Waals surface area contributed by atoms with E-state index in [9.17, 15) is 9.59 Å². The van der Waals surface area contributed by atoms with Crippen LogP contribution in [0.3, 0.4) is 0 Å². The first-order valence-corrected chi connectivity index (χ1v) is 10.2. The van der Waals surface area contributed by atoms with Crippen LogP contribution in [-0.4, -0.2) is 72.2 Å². The predicted octanol–water partition coefficient (Wildman–Crippen LogP) is 2.30. The van der Waals surface area contributed by atoms with Crippen LogP contribution in [0.5, 0.6) is 0 Å². The van der Waals surface area contributed by atoms with Gasteiger partial charge in [0.1, 0.15) is 0 Å². The van der Waals surface area contributed by atoms with Gasteiger partial charge in [0.05, 0.1) is 18.2 Å². The van der Waals surface area contributed by atoms with Crippen LogP contribution in [0.25, 0.3) is 0 Å². The summed E-state index contributed by atoms with van der Waals surface area (Å²) in [4.78, 5) is 29.2. The Morgan fingerprint density at radius 2 is 1.68 bits per heavy atom. The number of amides is 3. The lowest BCUT2D eigenvalue weighted by Crippen LogP contribution is -2.56. The number of urea groups is 1. The lowest BCUT2D eigenvalue weighted by molar-refractivity contribution is -0.148. The Bertz CT molecular complexity index is 651. The molecule has 0 saturated carbocycles. The first-order chi connectivity index (χ1) is 13.4. The molecule has 2 aliphatic heterocycles. The van der Waals surface area contributed by atoms with Crippen molar-refractivity contribution in [2.75, 3.05) is 31.5 Å². The monoisotopic (exact) mass is 388 g/mol. The van der Waals surface area contributed by atoms with Gasteiger partial charge in [0.15, 0.2) is 0 Å². The molecule has 7 heteroatoms. The van der Waals surface area contributed by atoms with Gasteiger partial charge in [-0.25, -0.2) is 4.79 Å². The molecule has 0 radical (unpaired) electrons. The Morgan fingerprint density at radius 3 is 2.29 bits per heavy atom. The fourth-order valence-corrected chi connectivity index (χ4v) is 4.08. The Morgan fingerprint density at radius 1 is 1.07 bits per heavy atom. The third-order valence-corrected chi connectivity index (χ3v) is 5.53. The Labute approximate surface area is 167 Å². The molecular formula is C21H32N4O3. The van der Waals surface area contributed by atoms with E-state index in [0.717, 1.165) is 31.6 Å². The van der Waals surface area contributed by atoms with Gasteiger partial charge < -0.3 is 20.3 Å². The number of anilines is 1. The smallest absolute Gasteiger partial charge is 0.319 e. The number of likely N-dealkylation sites (tertiary alicyclic amines) is 1. The molecule has 3 amide bonds. The maximum Gasteiger partial charge on any atom is 0.319 e. The molecule has 7 nitrogen and oxygen atoms in total. The van der Waals surface area contributed by atoms with Crippen LogP contribution in [0.4, 0.5) is 10.5 Å². The van der Waals surface area contributed by atoms with Crippen molar-refractivity contribution in [3.8, 4) is 0 Å². The second-order valence-corrected chi connectivity index (χ2v) is 7.95. The fourth-order valence-electron chi connectivity index (χ4n) is 4.08. The molecular weight excluding hydrogens is 356 g/mol. The number of nitrogens with one attached hydrogen (secondary N) is 2. The zero-order valence-electron chi connectivity index (χ0n) is 17.1. The third-order valence-electron chi connectivity index (χ3n) is 5.53. The summed E-state index contributed by atoms with van der Waals surface area (Å²) >= 11 is 0. The minimum absolute atomic E-state index is 0.0814. The van der Waals surface area contributed by atoms with Crippen molar-refractivity contribution in [2.45, 2.75) is 57.9 Å². The quantitative estimate of drug-likeness (QED) is 0.830. The number of carbonyl (C=O) groups excluding carboxylic acids is 2. The van der Waals surface area contributed by atoms with E-state index in [4.69, 9.17) is 4.74 Å². The van der Waals surface area contributed by atoms with Crippen LogP contribution in [0.2, 0.25) is 0 Å². The Kier molecular flexibility index (Phi) is 6.91. The molecule has 154 valence electrons. The van der Waals surface area contributed by atoms with Crippen molar-refractivity contribution in [1.29, 1.82) is 0 Å². The van der Waals surface area contributed by atoms with Crippen LogP contribution < -0.4 is 10.6 Å². The zero-order chi connectivity index (χ0) is 20.1. The number of piperidine rings is 1. The number of nitrogens with zero attached hydrogens (tertiary/aromatic N) is 2. The van der Waals surface area contributed by atoms with Crippen molar-refractivity contribution in [2.24, 2.45) is 0 Å². The number of morpholine rings is 1. The van der Waals surface area contributed by atoms with Crippen molar-refractivity contribution < 1.29 is 14.3 Å².